The van der Waals surface area contributed by atoms with Gasteiger partial charge in [-0.1, -0.05) is 6.92 Å². The molecular weight excluding hydrogens is 298 g/mol. The average molecular weight is 315 g/mol. The molecule has 0 amide bonds. The molecule has 1 aliphatic carbocycles. The Kier molecular flexibility index (Phi) is 4.72. The van der Waals surface area contributed by atoms with Gasteiger partial charge in [-0.25, -0.2) is 13.1 Å². The van der Waals surface area contributed by atoms with Crippen LogP contribution in [0.2, 0.25) is 0 Å². The summed E-state index contributed by atoms with van der Waals surface area (Å²) in [7, 11) is -3.41. The molecule has 5 nitrogen and oxygen atoms in total. The summed E-state index contributed by atoms with van der Waals surface area (Å²) in [6, 6.07) is 6.61. The third-order valence-electron chi connectivity index (χ3n) is 2.95. The molecule has 1 atom stereocenters. The van der Waals surface area contributed by atoms with E-state index in [1.165, 1.54) is 11.8 Å². The molecule has 1 fully saturated rings. The SMILES string of the molecule is CC(CSc1ccc(S(=O)(=O)NC2CC2)cc1)C(=O)O. The molecule has 1 aromatic rings. The van der Waals surface area contributed by atoms with Gasteiger partial charge in [0.1, 0.15) is 0 Å². The summed E-state index contributed by atoms with van der Waals surface area (Å²) in [5.74, 6) is -0.799. The molecule has 1 aliphatic rings. The molecular formula is C13H17NO4S2. The Morgan fingerprint density at radius 3 is 2.50 bits per heavy atom. The van der Waals surface area contributed by atoms with Gasteiger partial charge in [0.2, 0.25) is 10.0 Å². The number of hydrogen-bond donors (Lipinski definition) is 2. The van der Waals surface area contributed by atoms with E-state index in [0.29, 0.717) is 5.75 Å². The number of thioether (sulfide) groups is 1. The van der Waals surface area contributed by atoms with Crippen molar-refractivity contribution in [2.24, 2.45) is 5.92 Å². The zero-order chi connectivity index (χ0) is 14.8. The minimum absolute atomic E-state index is 0.0884. The number of carboxylic acid groups (broad SMARTS) is 1. The van der Waals surface area contributed by atoms with Crippen LogP contribution in [0.4, 0.5) is 0 Å². The second kappa shape index (κ2) is 6.15. The molecule has 0 saturated heterocycles. The molecule has 0 aliphatic heterocycles. The number of carboxylic acids is 1. The quantitative estimate of drug-likeness (QED) is 0.751. The smallest absolute Gasteiger partial charge is 0.307 e. The number of hydrogen-bond acceptors (Lipinski definition) is 4. The third kappa shape index (κ3) is 4.22. The molecule has 1 unspecified atom stereocenters. The van der Waals surface area contributed by atoms with Crippen molar-refractivity contribution in [3.63, 3.8) is 0 Å². The van der Waals surface area contributed by atoms with Crippen molar-refractivity contribution < 1.29 is 18.3 Å². The molecule has 0 aromatic heterocycles. The van der Waals surface area contributed by atoms with Crippen molar-refractivity contribution in [1.82, 2.24) is 4.72 Å². The molecule has 0 bridgehead atoms. The van der Waals surface area contributed by atoms with E-state index in [-0.39, 0.29) is 10.9 Å². The lowest BCUT2D eigenvalue weighted by Gasteiger charge is -2.08. The summed E-state index contributed by atoms with van der Waals surface area (Å²) >= 11 is 1.41. The van der Waals surface area contributed by atoms with Crippen LogP contribution in [-0.4, -0.2) is 31.3 Å². The maximum atomic E-state index is 12.0. The standard InChI is InChI=1S/C13H17NO4S2/c1-9(13(15)16)8-19-11-4-6-12(7-5-11)20(17,18)14-10-2-3-10/h4-7,9-10,14H,2-3,8H2,1H3,(H,15,16). The monoisotopic (exact) mass is 315 g/mol. The maximum Gasteiger partial charge on any atom is 0.307 e. The molecule has 7 heteroatoms. The normalized spacial score (nSPS) is 16.9. The van der Waals surface area contributed by atoms with Crippen LogP contribution in [0.15, 0.2) is 34.1 Å². The Bertz CT molecular complexity index is 579. The lowest BCUT2D eigenvalue weighted by atomic mass is 10.2. The molecule has 1 saturated carbocycles. The van der Waals surface area contributed by atoms with Gasteiger partial charge in [-0.3, -0.25) is 4.79 Å². The van der Waals surface area contributed by atoms with E-state index < -0.39 is 21.9 Å². The average Bonchev–Trinajstić information content (AvgIpc) is 3.19. The highest BCUT2D eigenvalue weighted by molar-refractivity contribution is 7.99. The number of carbonyl (C=O) groups is 1. The van der Waals surface area contributed by atoms with Gasteiger partial charge in [0, 0.05) is 16.7 Å². The van der Waals surface area contributed by atoms with Crippen LogP contribution in [0.1, 0.15) is 19.8 Å². The van der Waals surface area contributed by atoms with Crippen LogP contribution >= 0.6 is 11.8 Å². The Morgan fingerprint density at radius 2 is 2.00 bits per heavy atom. The minimum atomic E-state index is -3.41. The van der Waals surface area contributed by atoms with Crippen molar-refractivity contribution in [3.8, 4) is 0 Å². The second-order valence-corrected chi connectivity index (χ2v) is 7.72. The number of aliphatic carboxylic acids is 1. The molecule has 2 N–H and O–H groups in total. The molecule has 20 heavy (non-hydrogen) atoms. The predicted octanol–water partition coefficient (Wildman–Crippen LogP) is 1.94. The van der Waals surface area contributed by atoms with E-state index in [1.807, 2.05) is 0 Å². The predicted molar refractivity (Wildman–Crippen MR) is 77.3 cm³/mol. The first-order valence-electron chi connectivity index (χ1n) is 6.36. The summed E-state index contributed by atoms with van der Waals surface area (Å²) in [5.41, 5.74) is 0. The zero-order valence-electron chi connectivity index (χ0n) is 11.1. The molecule has 0 spiro atoms. The van der Waals surface area contributed by atoms with Gasteiger partial charge in [0.25, 0.3) is 0 Å². The van der Waals surface area contributed by atoms with Gasteiger partial charge >= 0.3 is 5.97 Å². The highest BCUT2D eigenvalue weighted by Gasteiger charge is 2.27. The fourth-order valence-electron chi connectivity index (χ4n) is 1.50. The number of sulfonamides is 1. The summed E-state index contributed by atoms with van der Waals surface area (Å²) in [5, 5.41) is 8.80. The van der Waals surface area contributed by atoms with Crippen LogP contribution in [0.3, 0.4) is 0 Å². The van der Waals surface area contributed by atoms with E-state index in [1.54, 1.807) is 31.2 Å². The van der Waals surface area contributed by atoms with Gasteiger partial charge < -0.3 is 5.11 Å². The van der Waals surface area contributed by atoms with Gasteiger partial charge in [0.05, 0.1) is 10.8 Å². The Morgan fingerprint density at radius 1 is 1.40 bits per heavy atom. The highest BCUT2D eigenvalue weighted by atomic mass is 32.2. The molecule has 110 valence electrons. The first-order valence-corrected chi connectivity index (χ1v) is 8.83. The lowest BCUT2D eigenvalue weighted by molar-refractivity contribution is -0.140. The van der Waals surface area contributed by atoms with Crippen molar-refractivity contribution >= 4 is 27.8 Å². The Hall–Kier alpha value is -1.05. The largest absolute Gasteiger partial charge is 0.481 e. The van der Waals surface area contributed by atoms with Crippen LogP contribution < -0.4 is 4.72 Å². The Balaban J connectivity index is 1.97. The number of benzene rings is 1. The summed E-state index contributed by atoms with van der Waals surface area (Å²) < 4.78 is 26.5. The zero-order valence-corrected chi connectivity index (χ0v) is 12.7. The van der Waals surface area contributed by atoms with E-state index >= 15 is 0 Å². The fourth-order valence-corrected chi connectivity index (χ4v) is 3.71. The van der Waals surface area contributed by atoms with E-state index in [2.05, 4.69) is 4.72 Å². The van der Waals surface area contributed by atoms with Gasteiger partial charge in [-0.15, -0.1) is 11.8 Å². The topological polar surface area (TPSA) is 83.5 Å². The molecule has 1 aromatic carbocycles. The van der Waals surface area contributed by atoms with E-state index in [9.17, 15) is 13.2 Å². The summed E-state index contributed by atoms with van der Waals surface area (Å²) in [6.45, 7) is 1.65. The van der Waals surface area contributed by atoms with E-state index in [0.717, 1.165) is 17.7 Å². The molecule has 0 heterocycles. The van der Waals surface area contributed by atoms with Crippen LogP contribution in [0, 0.1) is 5.92 Å². The van der Waals surface area contributed by atoms with Gasteiger partial charge in [-0.2, -0.15) is 0 Å². The van der Waals surface area contributed by atoms with Crippen molar-refractivity contribution in [3.05, 3.63) is 24.3 Å². The van der Waals surface area contributed by atoms with Gasteiger partial charge in [-0.05, 0) is 37.1 Å². The van der Waals surface area contributed by atoms with Crippen LogP contribution in [-0.2, 0) is 14.8 Å². The second-order valence-electron chi connectivity index (χ2n) is 4.92. The number of nitrogens with one attached hydrogen (secondary N) is 1. The first kappa shape index (κ1) is 15.3. The van der Waals surface area contributed by atoms with Crippen LogP contribution in [0.5, 0.6) is 0 Å². The lowest BCUT2D eigenvalue weighted by Crippen LogP contribution is -2.25. The fraction of sp³-hybridized carbons (Fsp3) is 0.462. The first-order chi connectivity index (χ1) is 9.38. The van der Waals surface area contributed by atoms with Crippen molar-refractivity contribution in [2.75, 3.05) is 5.75 Å². The highest BCUT2D eigenvalue weighted by Crippen LogP contribution is 2.25. The molecule has 2 rings (SSSR count). The maximum absolute atomic E-state index is 12.0. The summed E-state index contributed by atoms with van der Waals surface area (Å²) in [4.78, 5) is 11.8. The third-order valence-corrected chi connectivity index (χ3v) is 5.76. The summed E-state index contributed by atoms with van der Waals surface area (Å²) in [6.07, 6.45) is 1.81. The van der Waals surface area contributed by atoms with Crippen LogP contribution in [0.25, 0.3) is 0 Å². The minimum Gasteiger partial charge on any atom is -0.481 e. The Labute approximate surface area is 122 Å². The van der Waals surface area contributed by atoms with Crippen molar-refractivity contribution in [2.45, 2.75) is 35.6 Å². The van der Waals surface area contributed by atoms with Gasteiger partial charge in [0.15, 0.2) is 0 Å². The van der Waals surface area contributed by atoms with E-state index in [4.69, 9.17) is 5.11 Å². The molecule has 0 radical (unpaired) electrons. The number of rotatable bonds is 7. The van der Waals surface area contributed by atoms with Crippen molar-refractivity contribution in [1.29, 1.82) is 0 Å².